The van der Waals surface area contributed by atoms with Crippen molar-refractivity contribution in [3.8, 4) is 10.7 Å². The number of carbonyl (C=O) groups is 1. The quantitative estimate of drug-likeness (QED) is 0.729. The molecule has 7 heteroatoms. The first-order valence-electron chi connectivity index (χ1n) is 7.38. The lowest BCUT2D eigenvalue weighted by Crippen LogP contribution is -2.30. The molecule has 0 aliphatic carbocycles. The van der Waals surface area contributed by atoms with Crippen LogP contribution in [0.4, 0.5) is 0 Å². The molecule has 1 saturated heterocycles. The first-order valence-corrected chi connectivity index (χ1v) is 9.20. The maximum absolute atomic E-state index is 12.8. The lowest BCUT2D eigenvalue weighted by atomic mass is 10.1. The largest absolute Gasteiger partial charge is 0.330 e. The van der Waals surface area contributed by atoms with Crippen molar-refractivity contribution in [3.05, 3.63) is 52.1 Å². The van der Waals surface area contributed by atoms with Crippen LogP contribution in [-0.4, -0.2) is 32.3 Å². The zero-order valence-electron chi connectivity index (χ0n) is 12.3. The number of rotatable bonds is 3. The standard InChI is InChI=1S/C16H14N4OS2/c21-16(20-6-1-2-14(20)11-3-7-22-9-11)13-10-23-15(19-13)12-8-17-4-5-18-12/h3-5,7-10,14H,1-2,6H2/t14-/m1/s1. The van der Waals surface area contributed by atoms with Crippen LogP contribution in [0.2, 0.25) is 0 Å². The Hall–Kier alpha value is -2.12. The molecule has 1 atom stereocenters. The molecular weight excluding hydrogens is 328 g/mol. The number of amides is 1. The van der Waals surface area contributed by atoms with Crippen molar-refractivity contribution >= 4 is 28.6 Å². The van der Waals surface area contributed by atoms with Crippen LogP contribution in [-0.2, 0) is 0 Å². The van der Waals surface area contributed by atoms with Gasteiger partial charge in [0.05, 0.1) is 12.2 Å². The summed E-state index contributed by atoms with van der Waals surface area (Å²) >= 11 is 3.10. The predicted molar refractivity (Wildman–Crippen MR) is 90.5 cm³/mol. The maximum atomic E-state index is 12.8. The van der Waals surface area contributed by atoms with E-state index in [4.69, 9.17) is 0 Å². The van der Waals surface area contributed by atoms with Gasteiger partial charge in [-0.3, -0.25) is 14.8 Å². The van der Waals surface area contributed by atoms with Crippen molar-refractivity contribution in [1.82, 2.24) is 19.9 Å². The van der Waals surface area contributed by atoms with Gasteiger partial charge in [-0.2, -0.15) is 11.3 Å². The Balaban J connectivity index is 1.59. The van der Waals surface area contributed by atoms with Crippen molar-refractivity contribution in [1.29, 1.82) is 0 Å². The van der Waals surface area contributed by atoms with Gasteiger partial charge in [-0.05, 0) is 35.2 Å². The molecule has 0 aromatic carbocycles. The SMILES string of the molecule is O=C(c1csc(-c2cnccn2)n1)N1CCC[C@@H]1c1ccsc1. The molecule has 0 bridgehead atoms. The second-order valence-electron chi connectivity index (χ2n) is 5.34. The van der Waals surface area contributed by atoms with Gasteiger partial charge in [0.2, 0.25) is 0 Å². The Labute approximate surface area is 141 Å². The van der Waals surface area contributed by atoms with Gasteiger partial charge in [0, 0.05) is 24.3 Å². The molecule has 4 heterocycles. The highest BCUT2D eigenvalue weighted by atomic mass is 32.1. The van der Waals surface area contributed by atoms with Gasteiger partial charge >= 0.3 is 0 Å². The minimum atomic E-state index is 0.00471. The molecule has 0 spiro atoms. The van der Waals surface area contributed by atoms with E-state index in [0.29, 0.717) is 11.4 Å². The lowest BCUT2D eigenvalue weighted by Gasteiger charge is -2.23. The summed E-state index contributed by atoms with van der Waals surface area (Å²) in [5.74, 6) is 0.00471. The number of hydrogen-bond donors (Lipinski definition) is 0. The van der Waals surface area contributed by atoms with Crippen LogP contribution in [0, 0.1) is 0 Å². The van der Waals surface area contributed by atoms with E-state index < -0.39 is 0 Å². The highest BCUT2D eigenvalue weighted by molar-refractivity contribution is 7.13. The molecule has 116 valence electrons. The van der Waals surface area contributed by atoms with Crippen molar-refractivity contribution in [3.63, 3.8) is 0 Å². The van der Waals surface area contributed by atoms with E-state index in [2.05, 4.69) is 31.8 Å². The van der Waals surface area contributed by atoms with Crippen LogP contribution in [0.15, 0.2) is 40.8 Å². The Bertz CT molecular complexity index is 801. The number of thiazole rings is 1. The highest BCUT2D eigenvalue weighted by Gasteiger charge is 2.32. The third-order valence-electron chi connectivity index (χ3n) is 3.95. The minimum Gasteiger partial charge on any atom is -0.330 e. The second kappa shape index (κ2) is 6.17. The number of nitrogens with zero attached hydrogens (tertiary/aromatic N) is 4. The smallest absolute Gasteiger partial charge is 0.273 e. The summed E-state index contributed by atoms with van der Waals surface area (Å²) in [7, 11) is 0. The number of thiophene rings is 1. The van der Waals surface area contributed by atoms with E-state index in [1.54, 1.807) is 29.9 Å². The normalized spacial score (nSPS) is 17.6. The van der Waals surface area contributed by atoms with Crippen molar-refractivity contribution in [2.24, 2.45) is 0 Å². The van der Waals surface area contributed by atoms with Crippen LogP contribution < -0.4 is 0 Å². The van der Waals surface area contributed by atoms with Crippen LogP contribution in [0.25, 0.3) is 10.7 Å². The van der Waals surface area contributed by atoms with Crippen LogP contribution in [0.1, 0.15) is 34.9 Å². The summed E-state index contributed by atoms with van der Waals surface area (Å²) in [4.78, 5) is 27.5. The summed E-state index contributed by atoms with van der Waals surface area (Å²) in [5.41, 5.74) is 2.43. The van der Waals surface area contributed by atoms with Crippen molar-refractivity contribution in [2.75, 3.05) is 6.54 Å². The predicted octanol–water partition coefficient (Wildman–Crippen LogP) is 3.64. The molecule has 1 fully saturated rings. The molecule has 3 aromatic rings. The average Bonchev–Trinajstić information content (AvgIpc) is 3.34. The Morgan fingerprint density at radius 1 is 1.30 bits per heavy atom. The molecule has 4 rings (SSSR count). The third kappa shape index (κ3) is 2.77. The van der Waals surface area contributed by atoms with E-state index in [0.717, 1.165) is 24.4 Å². The molecule has 3 aromatic heterocycles. The number of hydrogen-bond acceptors (Lipinski definition) is 6. The first-order chi connectivity index (χ1) is 11.3. The minimum absolute atomic E-state index is 0.00471. The summed E-state index contributed by atoms with van der Waals surface area (Å²) in [6.07, 6.45) is 6.97. The van der Waals surface area contributed by atoms with E-state index in [-0.39, 0.29) is 11.9 Å². The summed E-state index contributed by atoms with van der Waals surface area (Å²) in [5, 5.41) is 6.73. The van der Waals surface area contributed by atoms with Gasteiger partial charge in [0.1, 0.15) is 16.4 Å². The molecule has 1 aliphatic rings. The molecule has 1 aliphatic heterocycles. The Morgan fingerprint density at radius 2 is 2.26 bits per heavy atom. The number of carbonyl (C=O) groups excluding carboxylic acids is 1. The van der Waals surface area contributed by atoms with Gasteiger partial charge in [0.25, 0.3) is 5.91 Å². The summed E-state index contributed by atoms with van der Waals surface area (Å²) in [6.45, 7) is 0.789. The monoisotopic (exact) mass is 342 g/mol. The van der Waals surface area contributed by atoms with Crippen LogP contribution >= 0.6 is 22.7 Å². The summed E-state index contributed by atoms with van der Waals surface area (Å²) in [6, 6.07) is 2.28. The fourth-order valence-corrected chi connectivity index (χ4v) is 4.33. The molecule has 0 N–H and O–H groups in total. The molecule has 5 nitrogen and oxygen atoms in total. The Kier molecular flexibility index (Phi) is 3.88. The van der Waals surface area contributed by atoms with E-state index in [1.807, 2.05) is 10.3 Å². The number of aromatic nitrogens is 3. The number of likely N-dealkylation sites (tertiary alicyclic amines) is 1. The molecule has 0 saturated carbocycles. The zero-order chi connectivity index (χ0) is 15.6. The zero-order valence-corrected chi connectivity index (χ0v) is 13.9. The molecule has 0 radical (unpaired) electrons. The van der Waals surface area contributed by atoms with Crippen LogP contribution in [0.3, 0.4) is 0 Å². The maximum Gasteiger partial charge on any atom is 0.273 e. The summed E-state index contributed by atoms with van der Waals surface area (Å²) < 4.78 is 0. The van der Waals surface area contributed by atoms with Gasteiger partial charge < -0.3 is 4.90 Å². The van der Waals surface area contributed by atoms with E-state index in [1.165, 1.54) is 16.9 Å². The molecule has 23 heavy (non-hydrogen) atoms. The van der Waals surface area contributed by atoms with Gasteiger partial charge in [0.15, 0.2) is 0 Å². The fraction of sp³-hybridized carbons (Fsp3) is 0.250. The molecule has 1 amide bonds. The van der Waals surface area contributed by atoms with Gasteiger partial charge in [-0.25, -0.2) is 4.98 Å². The fourth-order valence-electron chi connectivity index (χ4n) is 2.87. The molecular formula is C16H14N4OS2. The lowest BCUT2D eigenvalue weighted by molar-refractivity contribution is 0.0731. The molecule has 0 unspecified atom stereocenters. The first kappa shape index (κ1) is 14.5. The topological polar surface area (TPSA) is 59.0 Å². The van der Waals surface area contributed by atoms with Crippen molar-refractivity contribution < 1.29 is 4.79 Å². The highest BCUT2D eigenvalue weighted by Crippen LogP contribution is 2.34. The van der Waals surface area contributed by atoms with Crippen LogP contribution in [0.5, 0.6) is 0 Å². The Morgan fingerprint density at radius 3 is 3.04 bits per heavy atom. The van der Waals surface area contributed by atoms with Gasteiger partial charge in [-0.1, -0.05) is 0 Å². The van der Waals surface area contributed by atoms with Crippen molar-refractivity contribution in [2.45, 2.75) is 18.9 Å². The second-order valence-corrected chi connectivity index (χ2v) is 6.98. The average molecular weight is 342 g/mol. The third-order valence-corrected chi connectivity index (χ3v) is 5.51. The van der Waals surface area contributed by atoms with E-state index >= 15 is 0 Å². The van der Waals surface area contributed by atoms with Gasteiger partial charge in [-0.15, -0.1) is 11.3 Å². The van der Waals surface area contributed by atoms with E-state index in [9.17, 15) is 4.79 Å².